The van der Waals surface area contributed by atoms with E-state index in [1.54, 1.807) is 11.3 Å². The van der Waals surface area contributed by atoms with Gasteiger partial charge in [-0.1, -0.05) is 12.1 Å². The highest BCUT2D eigenvalue weighted by atomic mass is 32.1. The lowest BCUT2D eigenvalue weighted by Crippen LogP contribution is -1.88. The number of aryl methyl sites for hydroxylation is 2. The topological polar surface area (TPSA) is 52.0 Å². The molecule has 0 saturated heterocycles. The van der Waals surface area contributed by atoms with Crippen LogP contribution in [0, 0.1) is 13.8 Å². The molecule has 0 spiro atoms. The average Bonchev–Trinajstić information content (AvgIpc) is 2.96. The first kappa shape index (κ1) is 12.0. The molecular weight excluding hydrogens is 256 g/mol. The molecule has 0 bridgehead atoms. The summed E-state index contributed by atoms with van der Waals surface area (Å²) in [5.74, 6) is 1.80. The van der Waals surface area contributed by atoms with E-state index in [-0.39, 0.29) is 0 Å². The number of para-hydroxylation sites is 1. The van der Waals surface area contributed by atoms with Crippen LogP contribution in [0.1, 0.15) is 11.5 Å². The highest BCUT2D eigenvalue weighted by Crippen LogP contribution is 2.33. The SMILES string of the molecule is Cc1cc(-c2csc(-c3ccccc3N)n2)c(C)o1. The highest BCUT2D eigenvalue weighted by molar-refractivity contribution is 7.13. The zero-order valence-electron chi connectivity index (χ0n) is 10.8. The Bertz CT molecular complexity index is 727. The van der Waals surface area contributed by atoms with Crippen molar-refractivity contribution in [3.8, 4) is 21.8 Å². The van der Waals surface area contributed by atoms with Gasteiger partial charge in [-0.2, -0.15) is 0 Å². The third kappa shape index (κ3) is 2.15. The predicted molar refractivity (Wildman–Crippen MR) is 79.1 cm³/mol. The van der Waals surface area contributed by atoms with Gasteiger partial charge < -0.3 is 10.2 Å². The molecule has 2 aromatic heterocycles. The lowest BCUT2D eigenvalue weighted by atomic mass is 10.2. The number of rotatable bonds is 2. The summed E-state index contributed by atoms with van der Waals surface area (Å²) in [4.78, 5) is 4.66. The van der Waals surface area contributed by atoms with E-state index in [0.29, 0.717) is 0 Å². The molecule has 3 aromatic rings. The highest BCUT2D eigenvalue weighted by Gasteiger charge is 2.13. The molecule has 4 heteroatoms. The Morgan fingerprint density at radius 2 is 1.95 bits per heavy atom. The quantitative estimate of drug-likeness (QED) is 0.707. The smallest absolute Gasteiger partial charge is 0.126 e. The van der Waals surface area contributed by atoms with E-state index in [1.165, 1.54) is 0 Å². The first-order valence-corrected chi connectivity index (χ1v) is 6.91. The Morgan fingerprint density at radius 3 is 2.63 bits per heavy atom. The Kier molecular flexibility index (Phi) is 2.87. The second-order valence-corrected chi connectivity index (χ2v) is 5.31. The number of hydrogen-bond acceptors (Lipinski definition) is 4. The molecule has 0 aliphatic rings. The molecule has 2 N–H and O–H groups in total. The molecule has 0 unspecified atom stereocenters. The van der Waals surface area contributed by atoms with E-state index in [1.807, 2.05) is 49.6 Å². The molecule has 0 radical (unpaired) electrons. The molecule has 2 heterocycles. The first-order valence-electron chi connectivity index (χ1n) is 6.03. The van der Waals surface area contributed by atoms with Crippen LogP contribution < -0.4 is 5.73 Å². The average molecular weight is 270 g/mol. The fraction of sp³-hybridized carbons (Fsp3) is 0.133. The minimum Gasteiger partial charge on any atom is -0.466 e. The van der Waals surface area contributed by atoms with Crippen molar-refractivity contribution in [1.29, 1.82) is 0 Å². The normalized spacial score (nSPS) is 10.8. The summed E-state index contributed by atoms with van der Waals surface area (Å²) in [6, 6.07) is 9.80. The summed E-state index contributed by atoms with van der Waals surface area (Å²) in [5, 5.41) is 2.98. The molecule has 0 saturated carbocycles. The van der Waals surface area contributed by atoms with Crippen LogP contribution >= 0.6 is 11.3 Å². The van der Waals surface area contributed by atoms with Gasteiger partial charge in [0.2, 0.25) is 0 Å². The van der Waals surface area contributed by atoms with Crippen molar-refractivity contribution in [2.45, 2.75) is 13.8 Å². The maximum atomic E-state index is 5.98. The molecule has 3 nitrogen and oxygen atoms in total. The molecule has 0 fully saturated rings. The standard InChI is InChI=1S/C15H14N2OS/c1-9-7-12(10(2)18-9)14-8-19-15(17-14)11-5-3-4-6-13(11)16/h3-8H,16H2,1-2H3. The maximum absolute atomic E-state index is 5.98. The third-order valence-corrected chi connectivity index (χ3v) is 3.89. The van der Waals surface area contributed by atoms with E-state index >= 15 is 0 Å². The van der Waals surface area contributed by atoms with Gasteiger partial charge in [0.05, 0.1) is 5.69 Å². The first-order chi connectivity index (χ1) is 9.15. The largest absolute Gasteiger partial charge is 0.466 e. The molecule has 0 aliphatic heterocycles. The van der Waals surface area contributed by atoms with Crippen LogP contribution in [-0.2, 0) is 0 Å². The Morgan fingerprint density at radius 1 is 1.16 bits per heavy atom. The van der Waals surface area contributed by atoms with Gasteiger partial charge in [0, 0.05) is 22.2 Å². The number of furan rings is 1. The lowest BCUT2D eigenvalue weighted by molar-refractivity contribution is 0.505. The van der Waals surface area contributed by atoms with Crippen molar-refractivity contribution in [3.63, 3.8) is 0 Å². The Labute approximate surface area is 115 Å². The fourth-order valence-corrected chi connectivity index (χ4v) is 2.96. The summed E-state index contributed by atoms with van der Waals surface area (Å²) >= 11 is 1.60. The van der Waals surface area contributed by atoms with Crippen LogP contribution in [0.15, 0.2) is 40.1 Å². The number of anilines is 1. The van der Waals surface area contributed by atoms with Gasteiger partial charge in [0.25, 0.3) is 0 Å². The Hall–Kier alpha value is -2.07. The van der Waals surface area contributed by atoms with Crippen LogP contribution in [0.25, 0.3) is 21.8 Å². The second kappa shape index (κ2) is 4.55. The van der Waals surface area contributed by atoms with E-state index in [4.69, 9.17) is 10.2 Å². The van der Waals surface area contributed by atoms with Crippen LogP contribution in [0.5, 0.6) is 0 Å². The van der Waals surface area contributed by atoms with E-state index in [0.717, 1.165) is 39.0 Å². The number of benzene rings is 1. The summed E-state index contributed by atoms with van der Waals surface area (Å²) in [6.45, 7) is 3.90. The minimum absolute atomic E-state index is 0.753. The summed E-state index contributed by atoms with van der Waals surface area (Å²) in [6.07, 6.45) is 0. The van der Waals surface area contributed by atoms with Crippen LogP contribution in [-0.4, -0.2) is 4.98 Å². The van der Waals surface area contributed by atoms with Crippen LogP contribution in [0.4, 0.5) is 5.69 Å². The summed E-state index contributed by atoms with van der Waals surface area (Å²) in [5.41, 5.74) is 9.71. The van der Waals surface area contributed by atoms with Gasteiger partial charge in [0.1, 0.15) is 16.5 Å². The van der Waals surface area contributed by atoms with Crippen molar-refractivity contribution in [1.82, 2.24) is 4.98 Å². The maximum Gasteiger partial charge on any atom is 0.126 e. The van der Waals surface area contributed by atoms with Crippen LogP contribution in [0.3, 0.4) is 0 Å². The van der Waals surface area contributed by atoms with Crippen molar-refractivity contribution >= 4 is 17.0 Å². The van der Waals surface area contributed by atoms with E-state index in [9.17, 15) is 0 Å². The predicted octanol–water partition coefficient (Wildman–Crippen LogP) is 4.27. The number of aromatic nitrogens is 1. The van der Waals surface area contributed by atoms with E-state index in [2.05, 4.69) is 4.98 Å². The zero-order valence-corrected chi connectivity index (χ0v) is 11.6. The number of nitrogens with zero attached hydrogens (tertiary/aromatic N) is 1. The molecular formula is C15H14N2OS. The summed E-state index contributed by atoms with van der Waals surface area (Å²) in [7, 11) is 0. The van der Waals surface area contributed by atoms with Gasteiger partial charge in [-0.25, -0.2) is 4.98 Å². The fourth-order valence-electron chi connectivity index (χ4n) is 2.10. The van der Waals surface area contributed by atoms with Gasteiger partial charge >= 0.3 is 0 Å². The van der Waals surface area contributed by atoms with Crippen molar-refractivity contribution in [2.24, 2.45) is 0 Å². The molecule has 0 aliphatic carbocycles. The monoisotopic (exact) mass is 270 g/mol. The molecule has 1 aromatic carbocycles. The van der Waals surface area contributed by atoms with Gasteiger partial charge in [0.15, 0.2) is 0 Å². The number of thiazole rings is 1. The van der Waals surface area contributed by atoms with Crippen molar-refractivity contribution < 1.29 is 4.42 Å². The molecule has 0 atom stereocenters. The summed E-state index contributed by atoms with van der Waals surface area (Å²) < 4.78 is 5.55. The minimum atomic E-state index is 0.753. The van der Waals surface area contributed by atoms with Crippen molar-refractivity contribution in [2.75, 3.05) is 5.73 Å². The molecule has 3 rings (SSSR count). The zero-order chi connectivity index (χ0) is 13.4. The lowest BCUT2D eigenvalue weighted by Gasteiger charge is -2.00. The number of hydrogen-bond donors (Lipinski definition) is 1. The molecule has 96 valence electrons. The van der Waals surface area contributed by atoms with Gasteiger partial charge in [-0.15, -0.1) is 11.3 Å². The second-order valence-electron chi connectivity index (χ2n) is 4.45. The van der Waals surface area contributed by atoms with Crippen LogP contribution in [0.2, 0.25) is 0 Å². The number of nitrogen functional groups attached to an aromatic ring is 1. The van der Waals surface area contributed by atoms with Gasteiger partial charge in [-0.3, -0.25) is 0 Å². The molecule has 0 amide bonds. The van der Waals surface area contributed by atoms with E-state index < -0.39 is 0 Å². The van der Waals surface area contributed by atoms with Crippen molar-refractivity contribution in [3.05, 3.63) is 47.2 Å². The van der Waals surface area contributed by atoms with Gasteiger partial charge in [-0.05, 0) is 32.0 Å². The molecule has 19 heavy (non-hydrogen) atoms. The third-order valence-electron chi connectivity index (χ3n) is 3.01. The number of nitrogens with two attached hydrogens (primary N) is 1. The Balaban J connectivity index is 2.05.